The van der Waals surface area contributed by atoms with Crippen LogP contribution in [0.15, 0.2) is 18.2 Å². The molecule has 2 N–H and O–H groups in total. The smallest absolute Gasteiger partial charge is 0.131 e. The molecule has 0 unspecified atom stereocenters. The summed E-state index contributed by atoms with van der Waals surface area (Å²) in [6.07, 6.45) is 0.844. The van der Waals surface area contributed by atoms with Gasteiger partial charge < -0.3 is 10.2 Å². The first kappa shape index (κ1) is 13.4. The molecule has 1 aliphatic rings. The first-order chi connectivity index (χ1) is 8.61. The van der Waals surface area contributed by atoms with Crippen molar-refractivity contribution in [2.75, 3.05) is 19.7 Å². The highest BCUT2D eigenvalue weighted by molar-refractivity contribution is 5.21. The van der Waals surface area contributed by atoms with E-state index in [1.165, 1.54) is 6.07 Å². The van der Waals surface area contributed by atoms with Crippen molar-refractivity contribution in [3.63, 3.8) is 0 Å². The van der Waals surface area contributed by atoms with Crippen molar-refractivity contribution in [2.45, 2.75) is 25.0 Å². The lowest BCUT2D eigenvalue weighted by atomic mass is 10.1. The van der Waals surface area contributed by atoms with Crippen LogP contribution in [-0.2, 0) is 0 Å². The molecule has 1 aromatic carbocycles. The Morgan fingerprint density at radius 1 is 1.39 bits per heavy atom. The van der Waals surface area contributed by atoms with Crippen LogP contribution in [0.25, 0.3) is 0 Å². The molecule has 0 bridgehead atoms. The zero-order valence-corrected chi connectivity index (χ0v) is 10.0. The molecule has 3 nitrogen and oxygen atoms in total. The number of benzene rings is 1. The number of rotatable bonds is 4. The zero-order valence-electron chi connectivity index (χ0n) is 10.0. The van der Waals surface area contributed by atoms with Crippen molar-refractivity contribution in [2.24, 2.45) is 0 Å². The molecule has 2 rings (SSSR count). The first-order valence-corrected chi connectivity index (χ1v) is 6.09. The van der Waals surface area contributed by atoms with Crippen molar-refractivity contribution >= 4 is 0 Å². The third-order valence-corrected chi connectivity index (χ3v) is 3.44. The van der Waals surface area contributed by atoms with Crippen LogP contribution in [0.2, 0.25) is 0 Å². The average molecular weight is 257 g/mol. The Balaban J connectivity index is 2.05. The largest absolute Gasteiger partial charge is 0.395 e. The van der Waals surface area contributed by atoms with Crippen LogP contribution in [0, 0.1) is 11.6 Å². The fraction of sp³-hybridized carbons (Fsp3) is 0.538. The maximum Gasteiger partial charge on any atom is 0.131 e. The molecule has 2 atom stereocenters. The van der Waals surface area contributed by atoms with Gasteiger partial charge in [0.2, 0.25) is 0 Å². The summed E-state index contributed by atoms with van der Waals surface area (Å²) in [6, 6.07) is 3.20. The van der Waals surface area contributed by atoms with E-state index in [1.807, 2.05) is 4.90 Å². The number of aliphatic hydroxyl groups is 2. The first-order valence-electron chi connectivity index (χ1n) is 6.09. The predicted octanol–water partition coefficient (Wildman–Crippen LogP) is 1.45. The Hall–Kier alpha value is -1.04. The van der Waals surface area contributed by atoms with Crippen LogP contribution in [0.5, 0.6) is 0 Å². The minimum Gasteiger partial charge on any atom is -0.395 e. The summed E-state index contributed by atoms with van der Waals surface area (Å²) in [6.45, 7) is 1.08. The van der Waals surface area contributed by atoms with Gasteiger partial charge in [0.05, 0.1) is 12.7 Å². The van der Waals surface area contributed by atoms with Crippen molar-refractivity contribution in [3.05, 3.63) is 35.4 Å². The summed E-state index contributed by atoms with van der Waals surface area (Å²) >= 11 is 0. The third kappa shape index (κ3) is 2.85. The molecule has 5 heteroatoms. The standard InChI is InChI=1S/C13H17F2NO2/c14-9-3-4-11(12(15)6-9)13(18)7-16-5-1-2-10(16)8-17/h3-4,6,10,13,17-18H,1-2,5,7-8H2/t10-,13-/m0/s1. The molecule has 1 aromatic rings. The van der Waals surface area contributed by atoms with Crippen LogP contribution in [0.1, 0.15) is 24.5 Å². The highest BCUT2D eigenvalue weighted by Gasteiger charge is 2.26. The summed E-state index contributed by atoms with van der Waals surface area (Å²) in [5.41, 5.74) is 0.0972. The molecule has 0 aliphatic carbocycles. The van der Waals surface area contributed by atoms with Crippen LogP contribution in [0.3, 0.4) is 0 Å². The van der Waals surface area contributed by atoms with E-state index in [2.05, 4.69) is 0 Å². The lowest BCUT2D eigenvalue weighted by molar-refractivity contribution is 0.0830. The quantitative estimate of drug-likeness (QED) is 0.858. The average Bonchev–Trinajstić information content (AvgIpc) is 2.76. The molecule has 1 aliphatic heterocycles. The number of hydrogen-bond acceptors (Lipinski definition) is 3. The molecule has 100 valence electrons. The minimum absolute atomic E-state index is 0.0307. The fourth-order valence-corrected chi connectivity index (χ4v) is 2.43. The number of β-amino-alcohol motifs (C(OH)–C–C–N with tert-alkyl or cyclic N) is 1. The van der Waals surface area contributed by atoms with Crippen molar-refractivity contribution in [3.8, 4) is 0 Å². The summed E-state index contributed by atoms with van der Waals surface area (Å²) in [7, 11) is 0. The Labute approximate surface area is 105 Å². The van der Waals surface area contributed by atoms with E-state index in [0.29, 0.717) is 0 Å². The van der Waals surface area contributed by atoms with Crippen LogP contribution >= 0.6 is 0 Å². The third-order valence-electron chi connectivity index (χ3n) is 3.44. The number of halogens is 2. The van der Waals surface area contributed by atoms with Gasteiger partial charge in [0.15, 0.2) is 0 Å². The monoisotopic (exact) mass is 257 g/mol. The van der Waals surface area contributed by atoms with Gasteiger partial charge in [-0.25, -0.2) is 8.78 Å². The number of likely N-dealkylation sites (tertiary alicyclic amines) is 1. The second kappa shape index (κ2) is 5.73. The minimum atomic E-state index is -1.00. The normalized spacial score (nSPS) is 22.3. The van der Waals surface area contributed by atoms with Crippen LogP contribution < -0.4 is 0 Å². The summed E-state index contributed by atoms with van der Waals surface area (Å²) < 4.78 is 26.3. The van der Waals surface area contributed by atoms with Gasteiger partial charge in [-0.05, 0) is 25.5 Å². The fourth-order valence-electron chi connectivity index (χ4n) is 2.43. The van der Waals surface area contributed by atoms with Crippen molar-refractivity contribution in [1.29, 1.82) is 0 Å². The van der Waals surface area contributed by atoms with E-state index < -0.39 is 17.7 Å². The predicted molar refractivity (Wildman–Crippen MR) is 63.0 cm³/mol. The SMILES string of the molecule is OC[C@@H]1CCCN1C[C@H](O)c1ccc(F)cc1F. The molecule has 18 heavy (non-hydrogen) atoms. The second-order valence-electron chi connectivity index (χ2n) is 4.66. The molecule has 0 saturated carbocycles. The topological polar surface area (TPSA) is 43.7 Å². The maximum absolute atomic E-state index is 13.5. The molecule has 0 amide bonds. The van der Waals surface area contributed by atoms with Crippen molar-refractivity contribution < 1.29 is 19.0 Å². The van der Waals surface area contributed by atoms with Crippen molar-refractivity contribution in [1.82, 2.24) is 4.90 Å². The zero-order chi connectivity index (χ0) is 13.1. The lowest BCUT2D eigenvalue weighted by Gasteiger charge is -2.25. The molecule has 1 heterocycles. The second-order valence-corrected chi connectivity index (χ2v) is 4.66. The van der Waals surface area contributed by atoms with E-state index >= 15 is 0 Å². The molecule has 0 radical (unpaired) electrons. The van der Waals surface area contributed by atoms with Gasteiger partial charge >= 0.3 is 0 Å². The van der Waals surface area contributed by atoms with E-state index in [1.54, 1.807) is 0 Å². The van der Waals surface area contributed by atoms with Gasteiger partial charge in [-0.1, -0.05) is 6.07 Å². The molecule has 0 aromatic heterocycles. The van der Waals surface area contributed by atoms with Gasteiger partial charge in [0.25, 0.3) is 0 Å². The number of nitrogens with zero attached hydrogens (tertiary/aromatic N) is 1. The van der Waals surface area contributed by atoms with Gasteiger partial charge in [-0.3, -0.25) is 4.90 Å². The molecule has 1 fully saturated rings. The van der Waals surface area contributed by atoms with Gasteiger partial charge in [0, 0.05) is 24.2 Å². The van der Waals surface area contributed by atoms with Crippen LogP contribution in [0.4, 0.5) is 8.78 Å². The van der Waals surface area contributed by atoms with Gasteiger partial charge in [-0.2, -0.15) is 0 Å². The van der Waals surface area contributed by atoms with E-state index in [-0.39, 0.29) is 24.8 Å². The molecule has 0 spiro atoms. The Bertz CT molecular complexity index is 414. The maximum atomic E-state index is 13.5. The summed E-state index contributed by atoms with van der Waals surface area (Å²) in [5.74, 6) is -1.39. The summed E-state index contributed by atoms with van der Waals surface area (Å²) in [4.78, 5) is 1.94. The summed E-state index contributed by atoms with van der Waals surface area (Å²) in [5, 5.41) is 19.1. The Morgan fingerprint density at radius 2 is 2.17 bits per heavy atom. The number of hydrogen-bond donors (Lipinski definition) is 2. The van der Waals surface area contributed by atoms with Gasteiger partial charge in [-0.15, -0.1) is 0 Å². The molecular weight excluding hydrogens is 240 g/mol. The number of aliphatic hydroxyl groups excluding tert-OH is 2. The van der Waals surface area contributed by atoms with Gasteiger partial charge in [0.1, 0.15) is 11.6 Å². The van der Waals surface area contributed by atoms with Crippen LogP contribution in [-0.4, -0.2) is 40.9 Å². The molecule has 1 saturated heterocycles. The highest BCUT2D eigenvalue weighted by Crippen LogP contribution is 2.23. The molecular formula is C13H17F2NO2. The lowest BCUT2D eigenvalue weighted by Crippen LogP contribution is -2.35. The van der Waals surface area contributed by atoms with E-state index in [9.17, 15) is 13.9 Å². The Morgan fingerprint density at radius 3 is 2.83 bits per heavy atom. The van der Waals surface area contributed by atoms with E-state index in [4.69, 9.17) is 5.11 Å². The van der Waals surface area contributed by atoms with E-state index in [0.717, 1.165) is 31.5 Å². The highest BCUT2D eigenvalue weighted by atomic mass is 19.1. The Kier molecular flexibility index (Phi) is 4.27.